The van der Waals surface area contributed by atoms with Gasteiger partial charge in [0.25, 0.3) is 5.91 Å². The summed E-state index contributed by atoms with van der Waals surface area (Å²) in [6, 6.07) is 16.2. The number of rotatable bonds is 1. The van der Waals surface area contributed by atoms with Crippen LogP contribution in [0.2, 0.25) is 0 Å². The molecule has 0 saturated carbocycles. The molecule has 1 fully saturated rings. The van der Waals surface area contributed by atoms with Crippen LogP contribution in [0, 0.1) is 6.92 Å². The molecule has 2 aromatic carbocycles. The first-order valence-corrected chi connectivity index (χ1v) is 7.89. The average molecular weight is 292 g/mol. The third-order valence-corrected chi connectivity index (χ3v) is 5.02. The molecule has 112 valence electrons. The molecule has 1 saturated heterocycles. The van der Waals surface area contributed by atoms with Gasteiger partial charge in [-0.2, -0.15) is 0 Å². The smallest absolute Gasteiger partial charge is 0.262 e. The maximum atomic E-state index is 13.1. The molecule has 1 unspecified atom stereocenters. The summed E-state index contributed by atoms with van der Waals surface area (Å²) in [5.41, 5.74) is 3.82. The van der Waals surface area contributed by atoms with Gasteiger partial charge in [-0.25, -0.2) is 0 Å². The van der Waals surface area contributed by atoms with Crippen molar-refractivity contribution in [3.63, 3.8) is 0 Å². The van der Waals surface area contributed by atoms with Crippen molar-refractivity contribution in [2.45, 2.75) is 32.4 Å². The molecular formula is C19H20N2O. The summed E-state index contributed by atoms with van der Waals surface area (Å²) in [7, 11) is 0. The molecule has 22 heavy (non-hydrogen) atoms. The summed E-state index contributed by atoms with van der Waals surface area (Å²) in [5.74, 6) is 0.111. The van der Waals surface area contributed by atoms with Crippen molar-refractivity contribution in [3.8, 4) is 0 Å². The Kier molecular flexibility index (Phi) is 2.80. The van der Waals surface area contributed by atoms with Gasteiger partial charge in [0, 0.05) is 12.2 Å². The van der Waals surface area contributed by atoms with Gasteiger partial charge in [-0.05, 0) is 51.0 Å². The van der Waals surface area contributed by atoms with E-state index >= 15 is 0 Å². The van der Waals surface area contributed by atoms with Crippen molar-refractivity contribution >= 4 is 17.3 Å². The Balaban J connectivity index is 1.91. The lowest BCUT2D eigenvalue weighted by Gasteiger charge is -2.49. The highest BCUT2D eigenvalue weighted by atomic mass is 16.2. The number of benzene rings is 2. The number of carbonyl (C=O) groups excluding carboxylic acids is 1. The highest BCUT2D eigenvalue weighted by molar-refractivity contribution is 6.13. The van der Waals surface area contributed by atoms with E-state index in [0.29, 0.717) is 0 Å². The maximum Gasteiger partial charge on any atom is 0.262 e. The van der Waals surface area contributed by atoms with Crippen molar-refractivity contribution in [3.05, 3.63) is 59.7 Å². The van der Waals surface area contributed by atoms with E-state index < -0.39 is 0 Å². The molecule has 1 amide bonds. The summed E-state index contributed by atoms with van der Waals surface area (Å²) < 4.78 is 0. The Morgan fingerprint density at radius 1 is 1.05 bits per heavy atom. The average Bonchev–Trinajstić information content (AvgIpc) is 2.92. The van der Waals surface area contributed by atoms with Crippen LogP contribution < -0.4 is 9.80 Å². The Morgan fingerprint density at radius 2 is 1.77 bits per heavy atom. The highest BCUT2D eigenvalue weighted by Gasteiger charge is 2.49. The monoisotopic (exact) mass is 292 g/mol. The molecule has 2 aliphatic rings. The fraction of sp³-hybridized carbons (Fsp3) is 0.316. The minimum Gasteiger partial charge on any atom is -0.348 e. The van der Waals surface area contributed by atoms with Crippen LogP contribution in [-0.2, 0) is 0 Å². The number of anilines is 2. The number of nitrogens with zero attached hydrogens (tertiary/aromatic N) is 2. The van der Waals surface area contributed by atoms with Crippen molar-refractivity contribution in [2.75, 3.05) is 16.3 Å². The Hall–Kier alpha value is -2.29. The van der Waals surface area contributed by atoms with Crippen LogP contribution in [-0.4, -0.2) is 18.1 Å². The lowest BCUT2D eigenvalue weighted by atomic mass is 9.97. The zero-order chi connectivity index (χ0) is 15.3. The van der Waals surface area contributed by atoms with Gasteiger partial charge in [-0.1, -0.05) is 29.8 Å². The van der Waals surface area contributed by atoms with Crippen LogP contribution in [0.3, 0.4) is 0 Å². The van der Waals surface area contributed by atoms with E-state index in [0.717, 1.165) is 36.3 Å². The van der Waals surface area contributed by atoms with E-state index in [1.54, 1.807) is 0 Å². The fourth-order valence-corrected chi connectivity index (χ4v) is 3.88. The van der Waals surface area contributed by atoms with Gasteiger partial charge in [0.2, 0.25) is 0 Å². The minimum atomic E-state index is -0.263. The predicted molar refractivity (Wildman–Crippen MR) is 89.4 cm³/mol. The summed E-state index contributed by atoms with van der Waals surface area (Å²) in [4.78, 5) is 17.5. The van der Waals surface area contributed by atoms with Crippen molar-refractivity contribution in [1.82, 2.24) is 0 Å². The summed E-state index contributed by atoms with van der Waals surface area (Å²) >= 11 is 0. The van der Waals surface area contributed by atoms with Crippen molar-refractivity contribution < 1.29 is 4.79 Å². The largest absolute Gasteiger partial charge is 0.348 e. The normalized spacial score (nSPS) is 23.5. The van der Waals surface area contributed by atoms with Crippen molar-refractivity contribution in [2.24, 2.45) is 0 Å². The second kappa shape index (κ2) is 4.60. The van der Waals surface area contributed by atoms with Gasteiger partial charge in [0.15, 0.2) is 0 Å². The first kappa shape index (κ1) is 13.4. The number of aryl methyl sites for hydroxylation is 1. The van der Waals surface area contributed by atoms with E-state index in [1.165, 1.54) is 5.56 Å². The maximum absolute atomic E-state index is 13.1. The molecule has 0 aromatic heterocycles. The Labute approximate surface area is 131 Å². The number of hydrogen-bond donors (Lipinski definition) is 0. The zero-order valence-electron chi connectivity index (χ0n) is 13.0. The first-order valence-electron chi connectivity index (χ1n) is 7.89. The Morgan fingerprint density at radius 3 is 2.55 bits per heavy atom. The van der Waals surface area contributed by atoms with Crippen LogP contribution >= 0.6 is 0 Å². The van der Waals surface area contributed by atoms with Crippen molar-refractivity contribution in [1.29, 1.82) is 0 Å². The van der Waals surface area contributed by atoms with Crippen LogP contribution in [0.4, 0.5) is 11.4 Å². The van der Waals surface area contributed by atoms with E-state index in [9.17, 15) is 4.79 Å². The Bertz CT molecular complexity index is 737. The molecule has 2 aromatic rings. The summed E-state index contributed by atoms with van der Waals surface area (Å²) in [6.45, 7) is 5.26. The van der Waals surface area contributed by atoms with Gasteiger partial charge in [0.05, 0.1) is 11.3 Å². The van der Waals surface area contributed by atoms with Crippen LogP contribution in [0.25, 0.3) is 0 Å². The second-order valence-electron chi connectivity index (χ2n) is 6.47. The molecular weight excluding hydrogens is 272 g/mol. The zero-order valence-corrected chi connectivity index (χ0v) is 13.0. The number of para-hydroxylation sites is 1. The molecule has 3 nitrogen and oxygen atoms in total. The quantitative estimate of drug-likeness (QED) is 0.794. The van der Waals surface area contributed by atoms with Gasteiger partial charge in [0.1, 0.15) is 5.66 Å². The first-order chi connectivity index (χ1) is 10.6. The van der Waals surface area contributed by atoms with E-state index in [1.807, 2.05) is 23.1 Å². The molecule has 3 heteroatoms. The van der Waals surface area contributed by atoms with Crippen LogP contribution in [0.15, 0.2) is 48.5 Å². The summed E-state index contributed by atoms with van der Waals surface area (Å²) in [6.07, 6.45) is 2.11. The number of amides is 1. The van der Waals surface area contributed by atoms with E-state index in [4.69, 9.17) is 0 Å². The molecule has 0 spiro atoms. The molecule has 2 aliphatic heterocycles. The van der Waals surface area contributed by atoms with Gasteiger partial charge < -0.3 is 4.90 Å². The second-order valence-corrected chi connectivity index (χ2v) is 6.47. The van der Waals surface area contributed by atoms with E-state index in [-0.39, 0.29) is 11.6 Å². The minimum absolute atomic E-state index is 0.111. The molecule has 0 aliphatic carbocycles. The third-order valence-electron chi connectivity index (χ3n) is 5.02. The standard InChI is InChI=1S/C19H20N2O/c1-14-8-10-15(11-9-14)21-18(22)16-6-3-4-7-17(16)20-13-5-12-19(20,21)2/h3-4,6-11H,5,12-13H2,1-2H3. The molecule has 2 heterocycles. The molecule has 0 N–H and O–H groups in total. The number of carbonyl (C=O) groups is 1. The van der Waals surface area contributed by atoms with Crippen LogP contribution in [0.1, 0.15) is 35.7 Å². The van der Waals surface area contributed by atoms with Gasteiger partial charge >= 0.3 is 0 Å². The lowest BCUT2D eigenvalue weighted by Crippen LogP contribution is -2.61. The summed E-state index contributed by atoms with van der Waals surface area (Å²) in [5, 5.41) is 0. The molecule has 0 bridgehead atoms. The SMILES string of the molecule is Cc1ccc(N2C(=O)c3ccccc3N3CCCC32C)cc1. The lowest BCUT2D eigenvalue weighted by molar-refractivity contribution is 0.0951. The fourth-order valence-electron chi connectivity index (χ4n) is 3.88. The number of fused-ring (bicyclic) bond motifs is 3. The van der Waals surface area contributed by atoms with Gasteiger partial charge in [-0.3, -0.25) is 9.69 Å². The number of hydrogen-bond acceptors (Lipinski definition) is 2. The van der Waals surface area contributed by atoms with Gasteiger partial charge in [-0.15, -0.1) is 0 Å². The third kappa shape index (κ3) is 1.71. The molecule has 1 atom stereocenters. The van der Waals surface area contributed by atoms with Crippen LogP contribution in [0.5, 0.6) is 0 Å². The highest BCUT2D eigenvalue weighted by Crippen LogP contribution is 2.45. The predicted octanol–water partition coefficient (Wildman–Crippen LogP) is 3.97. The van der Waals surface area contributed by atoms with E-state index in [2.05, 4.69) is 49.1 Å². The molecule has 4 rings (SSSR count). The molecule has 0 radical (unpaired) electrons. The topological polar surface area (TPSA) is 23.6 Å².